The number of fused-ring (bicyclic) bond motifs is 1. The maximum atomic E-state index is 12.1. The van der Waals surface area contributed by atoms with Crippen LogP contribution in [0.3, 0.4) is 0 Å². The van der Waals surface area contributed by atoms with Crippen LogP contribution in [0, 0.1) is 0 Å². The number of rotatable bonds is 3. The molecule has 0 spiro atoms. The third-order valence-electron chi connectivity index (χ3n) is 3.33. The van der Waals surface area contributed by atoms with Crippen molar-refractivity contribution in [3.8, 4) is 11.3 Å². The molecular weight excluding hydrogens is 248 g/mol. The first-order chi connectivity index (χ1) is 9.81. The van der Waals surface area contributed by atoms with Crippen LogP contribution in [0.5, 0.6) is 0 Å². The van der Waals surface area contributed by atoms with Crippen LogP contribution in [0.25, 0.3) is 22.1 Å². The molecule has 98 valence electrons. The molecule has 0 aliphatic heterocycles. The Labute approximate surface area is 117 Å². The van der Waals surface area contributed by atoms with Gasteiger partial charge < -0.3 is 4.42 Å². The Kier molecular flexibility index (Phi) is 3.21. The third kappa shape index (κ3) is 2.05. The van der Waals surface area contributed by atoms with Crippen molar-refractivity contribution >= 4 is 10.8 Å². The molecule has 0 atom stereocenters. The van der Waals surface area contributed by atoms with Gasteiger partial charge >= 0.3 is 5.63 Å². The Balaban J connectivity index is 2.40. The molecule has 2 heteroatoms. The summed E-state index contributed by atoms with van der Waals surface area (Å²) in [5, 5.41) is 1.55. The molecule has 0 bridgehead atoms. The highest BCUT2D eigenvalue weighted by atomic mass is 16.4. The predicted octanol–water partition coefficient (Wildman–Crippen LogP) is 4.19. The fourth-order valence-electron chi connectivity index (χ4n) is 2.43. The van der Waals surface area contributed by atoms with Crippen molar-refractivity contribution in [1.29, 1.82) is 0 Å². The Morgan fingerprint density at radius 2 is 1.60 bits per heavy atom. The molecule has 20 heavy (non-hydrogen) atoms. The molecule has 0 unspecified atom stereocenters. The number of hydrogen-bond acceptors (Lipinski definition) is 2. The summed E-state index contributed by atoms with van der Waals surface area (Å²) in [6.07, 6.45) is 2.49. The summed E-state index contributed by atoms with van der Waals surface area (Å²) in [6.45, 7) is 3.80. The van der Waals surface area contributed by atoms with Crippen LogP contribution in [-0.2, 0) is 6.42 Å². The van der Waals surface area contributed by atoms with Gasteiger partial charge in [0.25, 0.3) is 0 Å². The lowest BCUT2D eigenvalue weighted by Gasteiger charge is -2.10. The number of hydrogen-bond donors (Lipinski definition) is 0. The second-order valence-corrected chi connectivity index (χ2v) is 4.60. The minimum atomic E-state index is -0.299. The Morgan fingerprint density at radius 3 is 2.30 bits per heavy atom. The molecular formula is C18H14O2. The minimum Gasteiger partial charge on any atom is -0.422 e. The van der Waals surface area contributed by atoms with Gasteiger partial charge in [-0.05, 0) is 17.9 Å². The molecule has 0 fully saturated rings. The molecule has 3 aromatic rings. The summed E-state index contributed by atoms with van der Waals surface area (Å²) < 4.78 is 5.56. The molecule has 2 aromatic carbocycles. The van der Waals surface area contributed by atoms with Gasteiger partial charge in [0.05, 0.1) is 5.39 Å². The van der Waals surface area contributed by atoms with Crippen LogP contribution in [0.4, 0.5) is 0 Å². The molecule has 0 radical (unpaired) electrons. The fourth-order valence-corrected chi connectivity index (χ4v) is 2.43. The van der Waals surface area contributed by atoms with Gasteiger partial charge in [0.15, 0.2) is 0 Å². The lowest BCUT2D eigenvalue weighted by molar-refractivity contribution is 0.530. The summed E-state index contributed by atoms with van der Waals surface area (Å²) in [4.78, 5) is 12.1. The van der Waals surface area contributed by atoms with Gasteiger partial charge in [0.1, 0.15) is 5.76 Å². The van der Waals surface area contributed by atoms with Crippen LogP contribution in [0.2, 0.25) is 0 Å². The van der Waals surface area contributed by atoms with Crippen molar-refractivity contribution in [3.05, 3.63) is 83.2 Å². The van der Waals surface area contributed by atoms with Crippen molar-refractivity contribution in [2.24, 2.45) is 0 Å². The van der Waals surface area contributed by atoms with Crippen LogP contribution in [0.1, 0.15) is 5.56 Å². The van der Waals surface area contributed by atoms with E-state index in [0.717, 1.165) is 16.5 Å². The molecule has 2 nitrogen and oxygen atoms in total. The van der Waals surface area contributed by atoms with E-state index in [-0.39, 0.29) is 5.63 Å². The molecule has 0 saturated heterocycles. The standard InChI is InChI=1S/C18H14O2/c1-2-8-15-14-11-6-7-12-16(14)18(19)20-17(15)13-9-4-3-5-10-13/h2-7,9-12H,1,8H2. The minimum absolute atomic E-state index is 0.299. The molecule has 0 saturated carbocycles. The average Bonchev–Trinajstić information content (AvgIpc) is 2.51. The zero-order valence-corrected chi connectivity index (χ0v) is 11.0. The normalized spacial score (nSPS) is 10.6. The van der Waals surface area contributed by atoms with Gasteiger partial charge in [-0.25, -0.2) is 4.79 Å². The first kappa shape index (κ1) is 12.4. The van der Waals surface area contributed by atoms with Gasteiger partial charge in [-0.1, -0.05) is 54.6 Å². The van der Waals surface area contributed by atoms with Crippen LogP contribution < -0.4 is 5.63 Å². The van der Waals surface area contributed by atoms with Crippen molar-refractivity contribution in [2.75, 3.05) is 0 Å². The fraction of sp³-hybridized carbons (Fsp3) is 0.0556. The van der Waals surface area contributed by atoms with E-state index in [2.05, 4.69) is 6.58 Å². The third-order valence-corrected chi connectivity index (χ3v) is 3.33. The van der Waals surface area contributed by atoms with Gasteiger partial charge in [-0.15, -0.1) is 6.58 Å². The lowest BCUT2D eigenvalue weighted by Crippen LogP contribution is -2.04. The number of allylic oxidation sites excluding steroid dienone is 1. The zero-order chi connectivity index (χ0) is 13.9. The van der Waals surface area contributed by atoms with Crippen LogP contribution >= 0.6 is 0 Å². The Bertz CT molecular complexity index is 814. The van der Waals surface area contributed by atoms with Crippen molar-refractivity contribution in [1.82, 2.24) is 0 Å². The SMILES string of the molecule is C=CCc1c(-c2ccccc2)oc(=O)c2ccccc12. The van der Waals surface area contributed by atoms with Crippen molar-refractivity contribution in [2.45, 2.75) is 6.42 Å². The highest BCUT2D eigenvalue weighted by Gasteiger charge is 2.13. The molecule has 1 aromatic heterocycles. The van der Waals surface area contributed by atoms with Crippen molar-refractivity contribution < 1.29 is 4.42 Å². The topological polar surface area (TPSA) is 30.2 Å². The first-order valence-corrected chi connectivity index (χ1v) is 6.52. The molecule has 1 heterocycles. The highest BCUT2D eigenvalue weighted by molar-refractivity contribution is 5.88. The molecule has 0 N–H and O–H groups in total. The summed E-state index contributed by atoms with van der Waals surface area (Å²) in [6, 6.07) is 17.2. The first-order valence-electron chi connectivity index (χ1n) is 6.52. The predicted molar refractivity (Wildman–Crippen MR) is 81.8 cm³/mol. The zero-order valence-electron chi connectivity index (χ0n) is 11.0. The van der Waals surface area contributed by atoms with Gasteiger partial charge in [-0.2, -0.15) is 0 Å². The Hall–Kier alpha value is -2.61. The van der Waals surface area contributed by atoms with Gasteiger partial charge in [0, 0.05) is 11.1 Å². The highest BCUT2D eigenvalue weighted by Crippen LogP contribution is 2.28. The quantitative estimate of drug-likeness (QED) is 0.662. The van der Waals surface area contributed by atoms with E-state index in [4.69, 9.17) is 4.42 Å². The maximum Gasteiger partial charge on any atom is 0.344 e. The van der Waals surface area contributed by atoms with Crippen LogP contribution in [0.15, 0.2) is 76.5 Å². The van der Waals surface area contributed by atoms with Crippen molar-refractivity contribution in [3.63, 3.8) is 0 Å². The summed E-state index contributed by atoms with van der Waals surface area (Å²) in [5.74, 6) is 0.634. The van der Waals surface area contributed by atoms with E-state index in [1.54, 1.807) is 6.07 Å². The second kappa shape index (κ2) is 5.17. The maximum absolute atomic E-state index is 12.1. The van der Waals surface area contributed by atoms with E-state index in [9.17, 15) is 4.79 Å². The molecule has 0 amide bonds. The average molecular weight is 262 g/mol. The van der Waals surface area contributed by atoms with E-state index in [1.165, 1.54) is 0 Å². The molecule has 0 aliphatic carbocycles. The second-order valence-electron chi connectivity index (χ2n) is 4.60. The van der Waals surface area contributed by atoms with E-state index in [0.29, 0.717) is 17.6 Å². The summed E-state index contributed by atoms with van der Waals surface area (Å²) in [5.41, 5.74) is 1.61. The molecule has 0 aliphatic rings. The van der Waals surface area contributed by atoms with Crippen LogP contribution in [-0.4, -0.2) is 0 Å². The largest absolute Gasteiger partial charge is 0.422 e. The smallest absolute Gasteiger partial charge is 0.344 e. The van der Waals surface area contributed by atoms with Gasteiger partial charge in [-0.3, -0.25) is 0 Å². The number of benzene rings is 2. The van der Waals surface area contributed by atoms with E-state index >= 15 is 0 Å². The lowest BCUT2D eigenvalue weighted by atomic mass is 9.99. The van der Waals surface area contributed by atoms with E-state index < -0.39 is 0 Å². The van der Waals surface area contributed by atoms with E-state index in [1.807, 2.05) is 54.6 Å². The summed E-state index contributed by atoms with van der Waals surface area (Å²) in [7, 11) is 0. The molecule has 3 rings (SSSR count). The monoisotopic (exact) mass is 262 g/mol. The Morgan fingerprint density at radius 1 is 0.950 bits per heavy atom. The van der Waals surface area contributed by atoms with Gasteiger partial charge in [0.2, 0.25) is 0 Å². The summed E-state index contributed by atoms with van der Waals surface area (Å²) >= 11 is 0.